The molecule has 6 nitrogen and oxygen atoms in total. The minimum atomic E-state index is -0.497. The molecule has 0 saturated carbocycles. The van der Waals surface area contributed by atoms with Crippen molar-refractivity contribution in [3.8, 4) is 0 Å². The SMILES string of the molecule is CCCC(=O)Nc1cccc(NC(=O)c2ccc(C)[nH]c2=O)c1. The Morgan fingerprint density at radius 1 is 1.09 bits per heavy atom. The zero-order valence-electron chi connectivity index (χ0n) is 13.1. The summed E-state index contributed by atoms with van der Waals surface area (Å²) in [7, 11) is 0. The van der Waals surface area contributed by atoms with Crippen LogP contribution in [0, 0.1) is 6.92 Å². The molecule has 6 heteroatoms. The first-order valence-electron chi connectivity index (χ1n) is 7.41. The van der Waals surface area contributed by atoms with Gasteiger partial charge in [-0.2, -0.15) is 0 Å². The van der Waals surface area contributed by atoms with Crippen LogP contribution >= 0.6 is 0 Å². The Morgan fingerprint density at radius 2 is 1.78 bits per heavy atom. The fraction of sp³-hybridized carbons (Fsp3) is 0.235. The monoisotopic (exact) mass is 313 g/mol. The number of anilines is 2. The van der Waals surface area contributed by atoms with E-state index in [1.165, 1.54) is 6.07 Å². The van der Waals surface area contributed by atoms with Gasteiger partial charge in [-0.15, -0.1) is 0 Å². The molecule has 120 valence electrons. The summed E-state index contributed by atoms with van der Waals surface area (Å²) in [4.78, 5) is 38.1. The van der Waals surface area contributed by atoms with Crippen LogP contribution in [-0.2, 0) is 4.79 Å². The van der Waals surface area contributed by atoms with Gasteiger partial charge >= 0.3 is 0 Å². The Kier molecular flexibility index (Phi) is 5.30. The van der Waals surface area contributed by atoms with E-state index in [1.54, 1.807) is 37.3 Å². The third-order valence-corrected chi connectivity index (χ3v) is 3.18. The third kappa shape index (κ3) is 4.54. The van der Waals surface area contributed by atoms with Gasteiger partial charge in [-0.3, -0.25) is 14.4 Å². The van der Waals surface area contributed by atoms with Gasteiger partial charge in [0.2, 0.25) is 5.91 Å². The number of aryl methyl sites for hydroxylation is 1. The summed E-state index contributed by atoms with van der Waals surface area (Å²) < 4.78 is 0. The molecule has 1 heterocycles. The molecule has 0 radical (unpaired) electrons. The fourth-order valence-electron chi connectivity index (χ4n) is 2.07. The molecule has 1 aromatic heterocycles. The van der Waals surface area contributed by atoms with E-state index in [0.29, 0.717) is 23.5 Å². The number of pyridine rings is 1. The molecule has 2 aromatic rings. The summed E-state index contributed by atoms with van der Waals surface area (Å²) in [6.45, 7) is 3.67. The standard InChI is InChI=1S/C17H19N3O3/c1-3-5-15(21)19-12-6-4-7-13(10-12)20-17(23)14-9-8-11(2)18-16(14)22/h4,6-10H,3,5H2,1-2H3,(H,18,22)(H,19,21)(H,20,23). The second kappa shape index (κ2) is 7.40. The number of nitrogens with one attached hydrogen (secondary N) is 3. The van der Waals surface area contributed by atoms with Crippen LogP contribution in [0.3, 0.4) is 0 Å². The van der Waals surface area contributed by atoms with E-state index in [9.17, 15) is 14.4 Å². The largest absolute Gasteiger partial charge is 0.326 e. The van der Waals surface area contributed by atoms with E-state index >= 15 is 0 Å². The Balaban J connectivity index is 2.12. The molecule has 0 atom stereocenters. The first-order valence-corrected chi connectivity index (χ1v) is 7.41. The summed E-state index contributed by atoms with van der Waals surface area (Å²) in [5.74, 6) is -0.575. The van der Waals surface area contributed by atoms with Gasteiger partial charge < -0.3 is 15.6 Å². The number of rotatable bonds is 5. The van der Waals surface area contributed by atoms with Crippen molar-refractivity contribution in [1.29, 1.82) is 0 Å². The van der Waals surface area contributed by atoms with Crippen molar-refractivity contribution in [1.82, 2.24) is 4.98 Å². The molecule has 0 bridgehead atoms. The van der Waals surface area contributed by atoms with Gasteiger partial charge in [0.25, 0.3) is 11.5 Å². The summed E-state index contributed by atoms with van der Waals surface area (Å²) in [5.41, 5.74) is 1.39. The van der Waals surface area contributed by atoms with E-state index in [4.69, 9.17) is 0 Å². The highest BCUT2D eigenvalue weighted by atomic mass is 16.2. The van der Waals surface area contributed by atoms with E-state index in [2.05, 4.69) is 15.6 Å². The first kappa shape index (κ1) is 16.5. The van der Waals surface area contributed by atoms with Gasteiger partial charge in [-0.1, -0.05) is 13.0 Å². The number of H-pyrrole nitrogens is 1. The van der Waals surface area contributed by atoms with Crippen molar-refractivity contribution in [3.63, 3.8) is 0 Å². The second-order valence-electron chi connectivity index (χ2n) is 5.22. The van der Waals surface area contributed by atoms with E-state index in [1.807, 2.05) is 6.92 Å². The van der Waals surface area contributed by atoms with Crippen LogP contribution in [0.5, 0.6) is 0 Å². The number of hydrogen-bond acceptors (Lipinski definition) is 3. The molecule has 0 aliphatic heterocycles. The molecule has 2 amide bonds. The zero-order chi connectivity index (χ0) is 16.8. The number of carbonyl (C=O) groups is 2. The van der Waals surface area contributed by atoms with Crippen LogP contribution < -0.4 is 16.2 Å². The molecule has 0 unspecified atom stereocenters. The number of aromatic nitrogens is 1. The van der Waals surface area contributed by atoms with Crippen molar-refractivity contribution in [2.75, 3.05) is 10.6 Å². The molecule has 3 N–H and O–H groups in total. The molecule has 0 spiro atoms. The Labute approximate surface area is 133 Å². The maximum atomic E-state index is 12.2. The van der Waals surface area contributed by atoms with Crippen molar-refractivity contribution in [2.45, 2.75) is 26.7 Å². The van der Waals surface area contributed by atoms with Gasteiger partial charge in [0.05, 0.1) is 0 Å². The average molecular weight is 313 g/mol. The van der Waals surface area contributed by atoms with E-state index < -0.39 is 11.5 Å². The number of aromatic amines is 1. The topological polar surface area (TPSA) is 91.1 Å². The Morgan fingerprint density at radius 3 is 2.43 bits per heavy atom. The van der Waals surface area contributed by atoms with Gasteiger partial charge in [0.1, 0.15) is 5.56 Å². The van der Waals surface area contributed by atoms with Crippen molar-refractivity contribution in [3.05, 3.63) is 58.0 Å². The molecule has 0 fully saturated rings. The molecule has 23 heavy (non-hydrogen) atoms. The van der Waals surface area contributed by atoms with Crippen LogP contribution in [0.1, 0.15) is 35.8 Å². The van der Waals surface area contributed by atoms with Crippen molar-refractivity contribution in [2.24, 2.45) is 0 Å². The minimum Gasteiger partial charge on any atom is -0.326 e. The van der Waals surface area contributed by atoms with Gasteiger partial charge in [0, 0.05) is 23.5 Å². The van der Waals surface area contributed by atoms with Crippen LogP contribution in [0.15, 0.2) is 41.2 Å². The summed E-state index contributed by atoms with van der Waals surface area (Å²) >= 11 is 0. The quantitative estimate of drug-likeness (QED) is 0.792. The predicted octanol–water partition coefficient (Wildman–Crippen LogP) is 2.67. The molecule has 2 rings (SSSR count). The normalized spacial score (nSPS) is 10.2. The number of carbonyl (C=O) groups excluding carboxylic acids is 2. The highest BCUT2D eigenvalue weighted by molar-refractivity contribution is 6.04. The summed E-state index contributed by atoms with van der Waals surface area (Å²) in [6.07, 6.45) is 1.20. The number of amides is 2. The molecule has 1 aromatic carbocycles. The molecule has 0 aliphatic rings. The smallest absolute Gasteiger partial charge is 0.261 e. The van der Waals surface area contributed by atoms with E-state index in [0.717, 1.165) is 6.42 Å². The molecule has 0 aliphatic carbocycles. The van der Waals surface area contributed by atoms with Crippen LogP contribution in [-0.4, -0.2) is 16.8 Å². The highest BCUT2D eigenvalue weighted by Gasteiger charge is 2.11. The second-order valence-corrected chi connectivity index (χ2v) is 5.22. The lowest BCUT2D eigenvalue weighted by molar-refractivity contribution is -0.116. The average Bonchev–Trinajstić information content (AvgIpc) is 2.47. The highest BCUT2D eigenvalue weighted by Crippen LogP contribution is 2.16. The van der Waals surface area contributed by atoms with Crippen LogP contribution in [0.2, 0.25) is 0 Å². The lowest BCUT2D eigenvalue weighted by Crippen LogP contribution is -2.23. The molecular weight excluding hydrogens is 294 g/mol. The lowest BCUT2D eigenvalue weighted by Gasteiger charge is -2.08. The minimum absolute atomic E-state index is 0.0380. The maximum Gasteiger partial charge on any atom is 0.261 e. The molecule has 0 saturated heterocycles. The Hall–Kier alpha value is -2.89. The zero-order valence-corrected chi connectivity index (χ0v) is 13.1. The van der Waals surface area contributed by atoms with E-state index in [-0.39, 0.29) is 11.5 Å². The predicted molar refractivity (Wildman–Crippen MR) is 89.7 cm³/mol. The summed E-state index contributed by atoms with van der Waals surface area (Å²) in [5, 5.41) is 5.41. The van der Waals surface area contributed by atoms with Gasteiger partial charge in [-0.05, 0) is 43.7 Å². The summed E-state index contributed by atoms with van der Waals surface area (Å²) in [6, 6.07) is 9.94. The van der Waals surface area contributed by atoms with Gasteiger partial charge in [0.15, 0.2) is 0 Å². The molecular formula is C17H19N3O3. The van der Waals surface area contributed by atoms with Gasteiger partial charge in [-0.25, -0.2) is 0 Å². The lowest BCUT2D eigenvalue weighted by atomic mass is 10.2. The Bertz CT molecular complexity index is 781. The van der Waals surface area contributed by atoms with Crippen LogP contribution in [0.25, 0.3) is 0 Å². The van der Waals surface area contributed by atoms with Crippen molar-refractivity contribution < 1.29 is 9.59 Å². The number of hydrogen-bond donors (Lipinski definition) is 3. The third-order valence-electron chi connectivity index (χ3n) is 3.18. The van der Waals surface area contributed by atoms with Crippen LogP contribution in [0.4, 0.5) is 11.4 Å². The maximum absolute atomic E-state index is 12.2. The number of benzene rings is 1. The first-order chi connectivity index (χ1) is 11.0. The fourth-order valence-corrected chi connectivity index (χ4v) is 2.07. The van der Waals surface area contributed by atoms with Crippen molar-refractivity contribution >= 4 is 23.2 Å².